The number of halogens is 2. The van der Waals surface area contributed by atoms with Crippen LogP contribution in [0, 0.1) is 6.92 Å². The third-order valence-corrected chi connectivity index (χ3v) is 12.0. The SMILES string of the molecule is CCCCCCCCc1ccc(/C=C\c2cc(C)c(/C(=C3N=C(/C=C/c4ccc(CCCCCCCC)cc4)C=C\3C)c3ccc(-c4ccc(C(=O)O)cc4)cc3)n2B(F)F)cc1. The molecule has 0 fully saturated rings. The summed E-state index contributed by atoms with van der Waals surface area (Å²) in [5, 5.41) is 9.40. The maximum Gasteiger partial charge on any atom is 0.678 e. The molecule has 7 heteroatoms. The second-order valence-corrected chi connectivity index (χ2v) is 17.0. The highest BCUT2D eigenvalue weighted by molar-refractivity contribution is 6.42. The van der Waals surface area contributed by atoms with Gasteiger partial charge in [0.1, 0.15) is 0 Å². The normalized spacial score (nSPS) is 13.6. The lowest BCUT2D eigenvalue weighted by Crippen LogP contribution is -2.18. The first kappa shape index (κ1) is 46.7. The van der Waals surface area contributed by atoms with Crippen molar-refractivity contribution in [3.63, 3.8) is 0 Å². The van der Waals surface area contributed by atoms with E-state index in [1.54, 1.807) is 30.3 Å². The Morgan fingerprint density at radius 2 is 1.10 bits per heavy atom. The lowest BCUT2D eigenvalue weighted by atomic mass is 9.93. The van der Waals surface area contributed by atoms with Crippen LogP contribution in [0.25, 0.3) is 34.9 Å². The van der Waals surface area contributed by atoms with Crippen LogP contribution in [0.3, 0.4) is 0 Å². The third kappa shape index (κ3) is 13.1. The number of rotatable bonds is 23. The number of nitrogens with zero attached hydrogens (tertiary/aromatic N) is 2. The summed E-state index contributed by atoms with van der Waals surface area (Å²) in [5.41, 5.74) is 11.8. The fourth-order valence-electron chi connectivity index (χ4n) is 8.41. The van der Waals surface area contributed by atoms with Gasteiger partial charge in [0.05, 0.1) is 17.0 Å². The summed E-state index contributed by atoms with van der Waals surface area (Å²) in [6, 6.07) is 33.5. The molecule has 0 saturated heterocycles. The minimum Gasteiger partial charge on any atom is -0.478 e. The summed E-state index contributed by atoms with van der Waals surface area (Å²) >= 11 is 0. The molecule has 63 heavy (non-hydrogen) atoms. The van der Waals surface area contributed by atoms with Crippen LogP contribution in [0.15, 0.2) is 132 Å². The van der Waals surface area contributed by atoms with Crippen LogP contribution < -0.4 is 0 Å². The van der Waals surface area contributed by atoms with Gasteiger partial charge < -0.3 is 9.58 Å². The van der Waals surface area contributed by atoms with E-state index in [2.05, 4.69) is 68.5 Å². The van der Waals surface area contributed by atoms with Crippen LogP contribution in [0.5, 0.6) is 0 Å². The molecule has 0 saturated carbocycles. The number of benzene rings is 4. The van der Waals surface area contributed by atoms with Crippen LogP contribution in [-0.2, 0) is 12.8 Å². The van der Waals surface area contributed by atoms with Gasteiger partial charge in [-0.3, -0.25) is 8.63 Å². The van der Waals surface area contributed by atoms with Gasteiger partial charge in [-0.25, -0.2) is 9.79 Å². The molecule has 0 atom stereocenters. The van der Waals surface area contributed by atoms with Gasteiger partial charge in [0, 0.05) is 17.0 Å². The number of aliphatic imine (C=N–C) groups is 1. The molecule has 6 rings (SSSR count). The summed E-state index contributed by atoms with van der Waals surface area (Å²) in [6.07, 6.45) is 27.1. The fraction of sp³-hybridized carbons (Fsp3) is 0.321. The topological polar surface area (TPSA) is 54.6 Å². The van der Waals surface area contributed by atoms with E-state index < -0.39 is 13.4 Å². The van der Waals surface area contributed by atoms with Crippen LogP contribution >= 0.6 is 0 Å². The van der Waals surface area contributed by atoms with Gasteiger partial charge in [-0.2, -0.15) is 0 Å². The van der Waals surface area contributed by atoms with Crippen molar-refractivity contribution in [3.8, 4) is 11.1 Å². The first-order valence-corrected chi connectivity index (χ1v) is 23.1. The third-order valence-electron chi connectivity index (χ3n) is 12.0. The molecule has 2 heterocycles. The Morgan fingerprint density at radius 1 is 0.619 bits per heavy atom. The standard InChI is InChI=1S/C56H63BF2N2O2/c1-5-7-9-11-13-15-17-43-19-23-45(24-20-43)27-37-51-39-41(3)54(60-51)53(49-33-29-47(30-34-49)48-31-35-50(36-32-48)56(62)63)55-42(4)40-52(61(55)57(58)59)38-28-46-25-21-44(22-26-46)18-16-14-12-10-8-6-2/h19-40H,5-18H2,1-4H3,(H,62,63)/b37-27+,38-28-,54-53-. The molecular weight excluding hydrogens is 781 g/mol. The average Bonchev–Trinajstić information content (AvgIpc) is 3.83. The van der Waals surface area contributed by atoms with E-state index in [9.17, 15) is 9.90 Å². The zero-order chi connectivity index (χ0) is 44.6. The molecule has 0 radical (unpaired) electrons. The number of aryl methyl sites for hydroxylation is 3. The number of aromatic carboxylic acids is 1. The molecule has 1 aliphatic rings. The molecular formula is C56H63BF2N2O2. The predicted molar refractivity (Wildman–Crippen MR) is 264 cm³/mol. The molecule has 4 aromatic carbocycles. The number of carbonyl (C=O) groups is 1. The van der Waals surface area contributed by atoms with Gasteiger partial charge in [0.25, 0.3) is 0 Å². The van der Waals surface area contributed by atoms with Crippen LogP contribution in [0.2, 0.25) is 0 Å². The number of hydrogen-bond acceptors (Lipinski definition) is 2. The minimum absolute atomic E-state index is 0.211. The summed E-state index contributed by atoms with van der Waals surface area (Å²) < 4.78 is 32.1. The zero-order valence-electron chi connectivity index (χ0n) is 37.7. The summed E-state index contributed by atoms with van der Waals surface area (Å²) in [7, 11) is -2.81. The van der Waals surface area contributed by atoms with Gasteiger partial charge >= 0.3 is 13.4 Å². The van der Waals surface area contributed by atoms with E-state index in [0.29, 0.717) is 28.2 Å². The van der Waals surface area contributed by atoms with Crippen molar-refractivity contribution in [3.05, 3.63) is 177 Å². The highest BCUT2D eigenvalue weighted by Gasteiger charge is 2.30. The molecule has 0 amide bonds. The Kier molecular flexibility index (Phi) is 17.5. The molecule has 326 valence electrons. The smallest absolute Gasteiger partial charge is 0.478 e. The molecule has 0 unspecified atom stereocenters. The Hall–Kier alpha value is -5.82. The number of allylic oxidation sites excluding steroid dienone is 3. The molecule has 1 aliphatic heterocycles. The molecule has 1 aromatic heterocycles. The second-order valence-electron chi connectivity index (χ2n) is 17.0. The van der Waals surface area contributed by atoms with Gasteiger partial charge in [0.15, 0.2) is 0 Å². The Labute approximate surface area is 375 Å². The maximum absolute atomic E-state index is 15.5. The van der Waals surface area contributed by atoms with Crippen molar-refractivity contribution >= 4 is 42.9 Å². The lowest BCUT2D eigenvalue weighted by molar-refractivity contribution is 0.0697. The number of carboxylic acids is 1. The number of aromatic nitrogens is 1. The molecule has 0 bridgehead atoms. The van der Waals surface area contributed by atoms with Gasteiger partial charge in [-0.05, 0) is 126 Å². The van der Waals surface area contributed by atoms with Crippen molar-refractivity contribution in [2.75, 3.05) is 0 Å². The van der Waals surface area contributed by atoms with Gasteiger partial charge in [0.2, 0.25) is 0 Å². The van der Waals surface area contributed by atoms with Crippen molar-refractivity contribution in [1.82, 2.24) is 4.48 Å². The molecule has 4 nitrogen and oxygen atoms in total. The summed E-state index contributed by atoms with van der Waals surface area (Å²) in [4.78, 5) is 16.6. The largest absolute Gasteiger partial charge is 0.678 e. The van der Waals surface area contributed by atoms with Crippen LogP contribution in [0.4, 0.5) is 8.63 Å². The van der Waals surface area contributed by atoms with Gasteiger partial charge in [-0.15, -0.1) is 0 Å². The molecule has 0 spiro atoms. The van der Waals surface area contributed by atoms with E-state index in [0.717, 1.165) is 56.4 Å². The first-order chi connectivity index (χ1) is 30.6. The molecule has 5 aromatic rings. The Balaban J connectivity index is 1.30. The fourth-order valence-corrected chi connectivity index (χ4v) is 8.41. The number of carboxylic acid groups (broad SMARTS) is 1. The van der Waals surface area contributed by atoms with E-state index in [1.165, 1.54) is 88.2 Å². The minimum atomic E-state index is -2.81. The second kappa shape index (κ2) is 23.6. The zero-order valence-corrected chi connectivity index (χ0v) is 37.7. The van der Waals surface area contributed by atoms with Crippen LogP contribution in [0.1, 0.15) is 153 Å². The predicted octanol–water partition coefficient (Wildman–Crippen LogP) is 15.8. The Bertz CT molecular complexity index is 2420. The van der Waals surface area contributed by atoms with Gasteiger partial charge in [-0.1, -0.05) is 175 Å². The first-order valence-electron chi connectivity index (χ1n) is 23.1. The highest BCUT2D eigenvalue weighted by atomic mass is 19.2. The molecule has 0 aliphatic carbocycles. The summed E-state index contributed by atoms with van der Waals surface area (Å²) in [6.45, 7) is 8.35. The van der Waals surface area contributed by atoms with E-state index in [4.69, 9.17) is 4.99 Å². The maximum atomic E-state index is 15.5. The number of hydrogen-bond donors (Lipinski definition) is 1. The Morgan fingerprint density at radius 3 is 1.59 bits per heavy atom. The van der Waals surface area contributed by atoms with Crippen molar-refractivity contribution in [1.29, 1.82) is 0 Å². The molecule has 1 N–H and O–H groups in total. The average molecular weight is 845 g/mol. The van der Waals surface area contributed by atoms with Crippen molar-refractivity contribution < 1.29 is 18.5 Å². The highest BCUT2D eigenvalue weighted by Crippen LogP contribution is 2.38. The summed E-state index contributed by atoms with van der Waals surface area (Å²) in [5.74, 6) is -0.983. The van der Waals surface area contributed by atoms with Crippen LogP contribution in [-0.4, -0.2) is 28.7 Å². The van der Waals surface area contributed by atoms with E-state index in [-0.39, 0.29) is 5.56 Å². The van der Waals surface area contributed by atoms with Crippen molar-refractivity contribution in [2.45, 2.75) is 118 Å². The quantitative estimate of drug-likeness (QED) is 0.0526. The monoisotopic (exact) mass is 844 g/mol. The van der Waals surface area contributed by atoms with Crippen molar-refractivity contribution in [2.24, 2.45) is 4.99 Å². The van der Waals surface area contributed by atoms with E-state index in [1.807, 2.05) is 62.4 Å². The van der Waals surface area contributed by atoms with E-state index >= 15 is 8.63 Å². The lowest BCUT2D eigenvalue weighted by Gasteiger charge is -2.17. The number of unbranched alkanes of at least 4 members (excludes halogenated alkanes) is 10.